The summed E-state index contributed by atoms with van der Waals surface area (Å²) in [6, 6.07) is 7.08. The van der Waals surface area contributed by atoms with E-state index in [0.29, 0.717) is 35.3 Å². The monoisotopic (exact) mass is 381 g/mol. The van der Waals surface area contributed by atoms with Crippen molar-refractivity contribution in [2.75, 3.05) is 13.7 Å². The molecule has 6 heteroatoms. The SMILES string of the molecule is C/C=C\C(CC)=Nc1ncnc(-c2ccc(C(=O)OCC(C)C)cc2)c1OC. The van der Waals surface area contributed by atoms with Gasteiger partial charge in [-0.25, -0.2) is 19.8 Å². The standard InChI is InChI=1S/C22H27N3O3/c1-6-8-18(7-2)25-21-20(27-5)19(23-14-24-21)16-9-11-17(12-10-16)22(26)28-13-15(3)4/h6,8-12,14-15H,7,13H2,1-5H3/b8-6-,25-18?. The van der Waals surface area contributed by atoms with Crippen LogP contribution in [-0.4, -0.2) is 35.4 Å². The summed E-state index contributed by atoms with van der Waals surface area (Å²) in [4.78, 5) is 25.3. The van der Waals surface area contributed by atoms with Crippen molar-refractivity contribution >= 4 is 17.5 Å². The number of allylic oxidation sites excluding steroid dienone is 2. The summed E-state index contributed by atoms with van der Waals surface area (Å²) >= 11 is 0. The molecule has 0 saturated carbocycles. The number of hydrogen-bond acceptors (Lipinski definition) is 6. The number of aliphatic imine (C=N–C) groups is 1. The third kappa shape index (κ3) is 5.49. The van der Waals surface area contributed by atoms with Gasteiger partial charge in [0.25, 0.3) is 0 Å². The molecule has 6 nitrogen and oxygen atoms in total. The Labute approximate surface area is 166 Å². The smallest absolute Gasteiger partial charge is 0.338 e. The maximum absolute atomic E-state index is 12.1. The molecule has 0 aliphatic carbocycles. The first-order valence-electron chi connectivity index (χ1n) is 9.36. The highest BCUT2D eigenvalue weighted by Crippen LogP contribution is 2.35. The zero-order valence-electron chi connectivity index (χ0n) is 17.1. The molecule has 0 fully saturated rings. The van der Waals surface area contributed by atoms with Crippen molar-refractivity contribution in [3.8, 4) is 17.0 Å². The van der Waals surface area contributed by atoms with E-state index in [1.54, 1.807) is 19.2 Å². The Morgan fingerprint density at radius 1 is 1.21 bits per heavy atom. The molecule has 0 amide bonds. The summed E-state index contributed by atoms with van der Waals surface area (Å²) in [5, 5.41) is 0. The number of aromatic nitrogens is 2. The lowest BCUT2D eigenvalue weighted by molar-refractivity contribution is 0.0459. The number of methoxy groups -OCH3 is 1. The van der Waals surface area contributed by atoms with Crippen LogP contribution in [0.5, 0.6) is 5.75 Å². The zero-order chi connectivity index (χ0) is 20.5. The normalized spacial score (nSPS) is 11.9. The minimum Gasteiger partial charge on any atom is -0.491 e. The average molecular weight is 381 g/mol. The summed E-state index contributed by atoms with van der Waals surface area (Å²) < 4.78 is 10.8. The van der Waals surface area contributed by atoms with Crippen LogP contribution >= 0.6 is 0 Å². The minimum absolute atomic E-state index is 0.294. The highest BCUT2D eigenvalue weighted by atomic mass is 16.5. The fourth-order valence-electron chi connectivity index (χ4n) is 2.49. The molecule has 0 radical (unpaired) electrons. The molecule has 0 aliphatic rings. The van der Waals surface area contributed by atoms with Gasteiger partial charge in [0.05, 0.1) is 19.3 Å². The van der Waals surface area contributed by atoms with E-state index in [1.807, 2.05) is 52.0 Å². The maximum atomic E-state index is 12.1. The lowest BCUT2D eigenvalue weighted by Gasteiger charge is -2.11. The van der Waals surface area contributed by atoms with Gasteiger partial charge in [-0.05, 0) is 37.5 Å². The van der Waals surface area contributed by atoms with Gasteiger partial charge >= 0.3 is 5.97 Å². The Balaban J connectivity index is 2.35. The van der Waals surface area contributed by atoms with Gasteiger partial charge in [0.1, 0.15) is 12.0 Å². The predicted molar refractivity (Wildman–Crippen MR) is 111 cm³/mol. The van der Waals surface area contributed by atoms with Crippen LogP contribution in [0.15, 0.2) is 47.7 Å². The van der Waals surface area contributed by atoms with Crippen molar-refractivity contribution in [2.24, 2.45) is 10.9 Å². The minimum atomic E-state index is -0.334. The second-order valence-corrected chi connectivity index (χ2v) is 6.61. The molecule has 0 saturated heterocycles. The van der Waals surface area contributed by atoms with E-state index in [-0.39, 0.29) is 5.97 Å². The second kappa shape index (κ2) is 10.3. The summed E-state index contributed by atoms with van der Waals surface area (Å²) in [7, 11) is 1.57. The first kappa shape index (κ1) is 21.3. The van der Waals surface area contributed by atoms with Gasteiger partial charge in [-0.2, -0.15) is 0 Å². The Bertz CT molecular complexity index is 856. The van der Waals surface area contributed by atoms with Crippen LogP contribution < -0.4 is 4.74 Å². The molecule has 0 N–H and O–H groups in total. The molecular weight excluding hydrogens is 354 g/mol. The van der Waals surface area contributed by atoms with Gasteiger partial charge in [-0.1, -0.05) is 39.0 Å². The number of hydrogen-bond donors (Lipinski definition) is 0. The van der Waals surface area contributed by atoms with E-state index in [2.05, 4.69) is 15.0 Å². The molecule has 0 bridgehead atoms. The number of carbonyl (C=O) groups excluding carboxylic acids is 1. The van der Waals surface area contributed by atoms with Crippen LogP contribution in [0, 0.1) is 5.92 Å². The molecule has 1 aromatic heterocycles. The van der Waals surface area contributed by atoms with Crippen molar-refractivity contribution < 1.29 is 14.3 Å². The summed E-state index contributed by atoms with van der Waals surface area (Å²) in [6.45, 7) is 8.37. The van der Waals surface area contributed by atoms with Gasteiger partial charge < -0.3 is 9.47 Å². The van der Waals surface area contributed by atoms with Crippen LogP contribution in [0.25, 0.3) is 11.3 Å². The lowest BCUT2D eigenvalue weighted by Crippen LogP contribution is -2.10. The Morgan fingerprint density at radius 2 is 1.93 bits per heavy atom. The first-order chi connectivity index (χ1) is 13.5. The third-order valence-electron chi connectivity index (χ3n) is 3.90. The Kier molecular flexibility index (Phi) is 7.87. The van der Waals surface area contributed by atoms with Gasteiger partial charge in [-0.15, -0.1) is 0 Å². The van der Waals surface area contributed by atoms with Crippen molar-refractivity contribution in [3.05, 3.63) is 48.3 Å². The molecule has 0 unspecified atom stereocenters. The largest absolute Gasteiger partial charge is 0.491 e. The van der Waals surface area contributed by atoms with Crippen molar-refractivity contribution in [3.63, 3.8) is 0 Å². The van der Waals surface area contributed by atoms with Crippen molar-refractivity contribution in [1.29, 1.82) is 0 Å². The topological polar surface area (TPSA) is 73.7 Å². The average Bonchev–Trinajstić information content (AvgIpc) is 2.71. The molecule has 1 aromatic carbocycles. The van der Waals surface area contributed by atoms with Crippen molar-refractivity contribution in [1.82, 2.24) is 9.97 Å². The molecule has 28 heavy (non-hydrogen) atoms. The molecule has 0 atom stereocenters. The second-order valence-electron chi connectivity index (χ2n) is 6.61. The molecule has 0 spiro atoms. The summed E-state index contributed by atoms with van der Waals surface area (Å²) in [5.41, 5.74) is 2.82. The number of carbonyl (C=O) groups is 1. The number of rotatable bonds is 8. The van der Waals surface area contributed by atoms with E-state index >= 15 is 0 Å². The summed E-state index contributed by atoms with van der Waals surface area (Å²) in [5.74, 6) is 0.929. The van der Waals surface area contributed by atoms with Crippen LogP contribution in [0.4, 0.5) is 5.82 Å². The number of ether oxygens (including phenoxy) is 2. The summed E-state index contributed by atoms with van der Waals surface area (Å²) in [6.07, 6.45) is 6.12. The van der Waals surface area contributed by atoms with Gasteiger partial charge in [0, 0.05) is 11.3 Å². The Morgan fingerprint density at radius 3 is 2.50 bits per heavy atom. The van der Waals surface area contributed by atoms with Crippen LogP contribution in [0.1, 0.15) is 44.5 Å². The van der Waals surface area contributed by atoms with Crippen LogP contribution in [0.3, 0.4) is 0 Å². The zero-order valence-corrected chi connectivity index (χ0v) is 17.1. The fraction of sp³-hybridized carbons (Fsp3) is 0.364. The van der Waals surface area contributed by atoms with E-state index in [1.165, 1.54) is 6.33 Å². The van der Waals surface area contributed by atoms with Gasteiger partial charge in [0.2, 0.25) is 0 Å². The number of nitrogens with zero attached hydrogens (tertiary/aromatic N) is 3. The van der Waals surface area contributed by atoms with E-state index in [0.717, 1.165) is 17.7 Å². The predicted octanol–water partition coefficient (Wildman–Crippen LogP) is 5.02. The quantitative estimate of drug-likeness (QED) is 0.474. The lowest BCUT2D eigenvalue weighted by atomic mass is 10.1. The first-order valence-corrected chi connectivity index (χ1v) is 9.36. The number of benzene rings is 1. The van der Waals surface area contributed by atoms with Gasteiger partial charge in [-0.3, -0.25) is 0 Å². The highest BCUT2D eigenvalue weighted by Gasteiger charge is 2.15. The van der Waals surface area contributed by atoms with E-state index < -0.39 is 0 Å². The fourth-order valence-corrected chi connectivity index (χ4v) is 2.49. The molecule has 0 aliphatic heterocycles. The number of esters is 1. The molecular formula is C22H27N3O3. The van der Waals surface area contributed by atoms with E-state index in [9.17, 15) is 4.79 Å². The van der Waals surface area contributed by atoms with Crippen molar-refractivity contribution in [2.45, 2.75) is 34.1 Å². The molecule has 1 heterocycles. The van der Waals surface area contributed by atoms with Crippen LogP contribution in [-0.2, 0) is 4.74 Å². The van der Waals surface area contributed by atoms with E-state index in [4.69, 9.17) is 9.47 Å². The molecule has 2 rings (SSSR count). The molecule has 2 aromatic rings. The molecule has 148 valence electrons. The van der Waals surface area contributed by atoms with Crippen LogP contribution in [0.2, 0.25) is 0 Å². The third-order valence-corrected chi connectivity index (χ3v) is 3.90. The highest BCUT2D eigenvalue weighted by molar-refractivity contribution is 5.97. The Hall–Kier alpha value is -3.02. The maximum Gasteiger partial charge on any atom is 0.338 e. The van der Waals surface area contributed by atoms with Gasteiger partial charge in [0.15, 0.2) is 11.6 Å².